The van der Waals surface area contributed by atoms with E-state index >= 15 is 0 Å². The van der Waals surface area contributed by atoms with Crippen LogP contribution in [0.4, 0.5) is 4.39 Å². The molecule has 21 heavy (non-hydrogen) atoms. The van der Waals surface area contributed by atoms with E-state index in [9.17, 15) is 4.39 Å². The molecular formula is C17H26ClFN2. The summed E-state index contributed by atoms with van der Waals surface area (Å²) in [5, 5.41) is 0.170. The van der Waals surface area contributed by atoms with Gasteiger partial charge in [0.15, 0.2) is 0 Å². The Hall–Kier alpha value is -0.640. The van der Waals surface area contributed by atoms with Gasteiger partial charge in [0.05, 0.1) is 5.02 Å². The number of benzene rings is 1. The van der Waals surface area contributed by atoms with E-state index in [1.807, 2.05) is 6.07 Å². The van der Waals surface area contributed by atoms with Gasteiger partial charge in [0.1, 0.15) is 5.82 Å². The van der Waals surface area contributed by atoms with Crippen LogP contribution in [0.15, 0.2) is 18.2 Å². The van der Waals surface area contributed by atoms with Gasteiger partial charge < -0.3 is 5.73 Å². The van der Waals surface area contributed by atoms with Crippen molar-refractivity contribution >= 4 is 11.6 Å². The molecule has 1 unspecified atom stereocenters. The lowest BCUT2D eigenvalue weighted by atomic mass is 9.80. The number of hydrogen-bond acceptors (Lipinski definition) is 2. The minimum Gasteiger partial charge on any atom is -0.326 e. The Labute approximate surface area is 132 Å². The van der Waals surface area contributed by atoms with Crippen molar-refractivity contribution in [2.24, 2.45) is 5.73 Å². The molecule has 0 amide bonds. The summed E-state index contributed by atoms with van der Waals surface area (Å²) in [6.45, 7) is 6.68. The first-order valence-electron chi connectivity index (χ1n) is 7.98. The summed E-state index contributed by atoms with van der Waals surface area (Å²) in [4.78, 5) is 2.55. The average molecular weight is 313 g/mol. The van der Waals surface area contributed by atoms with E-state index in [0.717, 1.165) is 31.5 Å². The van der Waals surface area contributed by atoms with Crippen LogP contribution in [0.1, 0.15) is 45.1 Å². The van der Waals surface area contributed by atoms with Gasteiger partial charge in [0.25, 0.3) is 0 Å². The van der Waals surface area contributed by atoms with Gasteiger partial charge in [-0.05, 0) is 62.9 Å². The van der Waals surface area contributed by atoms with Crippen molar-refractivity contribution in [2.45, 2.75) is 57.5 Å². The number of nitrogens with zero attached hydrogens (tertiary/aromatic N) is 1. The predicted octanol–water partition coefficient (Wildman–Crippen LogP) is 4.00. The summed E-state index contributed by atoms with van der Waals surface area (Å²) < 4.78 is 13.6. The highest BCUT2D eigenvalue weighted by Gasteiger charge is 2.40. The van der Waals surface area contributed by atoms with Gasteiger partial charge >= 0.3 is 0 Å². The zero-order chi connectivity index (χ0) is 15.5. The van der Waals surface area contributed by atoms with Crippen molar-refractivity contribution in [3.8, 4) is 0 Å². The Bertz CT molecular complexity index is 468. The summed E-state index contributed by atoms with van der Waals surface area (Å²) in [5.74, 6) is -0.360. The minimum absolute atomic E-state index is 0.00572. The molecule has 1 aromatic carbocycles. The van der Waals surface area contributed by atoms with Crippen LogP contribution in [0.2, 0.25) is 5.02 Å². The van der Waals surface area contributed by atoms with Crippen LogP contribution in [-0.4, -0.2) is 29.6 Å². The smallest absolute Gasteiger partial charge is 0.142 e. The standard InChI is InChI=1S/C17H26ClFN2/c1-3-17(4-2,21-9-5-6-10-21)16(20)12-13-7-8-14(18)15(19)11-13/h7-8,11,16H,3-6,9-10,12,20H2,1-2H3. The molecule has 1 saturated heterocycles. The van der Waals surface area contributed by atoms with E-state index in [-0.39, 0.29) is 22.4 Å². The molecule has 1 atom stereocenters. The molecule has 0 aromatic heterocycles. The molecule has 0 bridgehead atoms. The average Bonchev–Trinajstić information content (AvgIpc) is 3.00. The number of nitrogens with two attached hydrogens (primary N) is 1. The first kappa shape index (κ1) is 16.7. The fourth-order valence-corrected chi connectivity index (χ4v) is 3.85. The van der Waals surface area contributed by atoms with E-state index in [2.05, 4.69) is 18.7 Å². The predicted molar refractivity (Wildman–Crippen MR) is 87.2 cm³/mol. The molecule has 0 spiro atoms. The zero-order valence-electron chi connectivity index (χ0n) is 13.0. The van der Waals surface area contributed by atoms with Gasteiger partial charge in [0.2, 0.25) is 0 Å². The van der Waals surface area contributed by atoms with Crippen LogP contribution in [0.5, 0.6) is 0 Å². The van der Waals surface area contributed by atoms with Crippen molar-refractivity contribution in [1.82, 2.24) is 4.90 Å². The van der Waals surface area contributed by atoms with E-state index in [1.54, 1.807) is 6.07 Å². The van der Waals surface area contributed by atoms with Gasteiger partial charge in [-0.2, -0.15) is 0 Å². The molecule has 2 nitrogen and oxygen atoms in total. The van der Waals surface area contributed by atoms with Gasteiger partial charge in [-0.3, -0.25) is 4.90 Å². The summed E-state index contributed by atoms with van der Waals surface area (Å²) in [6, 6.07) is 5.02. The van der Waals surface area contributed by atoms with Crippen molar-refractivity contribution in [3.05, 3.63) is 34.6 Å². The van der Waals surface area contributed by atoms with E-state index in [0.29, 0.717) is 6.42 Å². The van der Waals surface area contributed by atoms with Crippen LogP contribution in [0.3, 0.4) is 0 Å². The fourth-order valence-electron chi connectivity index (χ4n) is 3.73. The molecule has 4 heteroatoms. The normalized spacial score (nSPS) is 18.1. The van der Waals surface area contributed by atoms with Crippen LogP contribution in [0, 0.1) is 5.82 Å². The number of hydrogen-bond donors (Lipinski definition) is 1. The molecule has 0 radical (unpaired) electrons. The van der Waals surface area contributed by atoms with Crippen LogP contribution >= 0.6 is 11.6 Å². The molecule has 1 aliphatic rings. The molecule has 1 heterocycles. The summed E-state index contributed by atoms with van der Waals surface area (Å²) >= 11 is 5.75. The first-order valence-corrected chi connectivity index (χ1v) is 8.36. The number of likely N-dealkylation sites (tertiary alicyclic amines) is 1. The largest absolute Gasteiger partial charge is 0.326 e. The Kier molecular flexibility index (Phi) is 5.64. The SMILES string of the molecule is CCC(CC)(C(N)Cc1ccc(Cl)c(F)c1)N1CCCC1. The zero-order valence-corrected chi connectivity index (χ0v) is 13.8. The van der Waals surface area contributed by atoms with E-state index in [4.69, 9.17) is 17.3 Å². The molecule has 2 N–H and O–H groups in total. The summed E-state index contributed by atoms with van der Waals surface area (Å²) in [5.41, 5.74) is 7.52. The van der Waals surface area contributed by atoms with Crippen molar-refractivity contribution in [1.29, 1.82) is 0 Å². The lowest BCUT2D eigenvalue weighted by Crippen LogP contribution is -2.59. The van der Waals surface area contributed by atoms with Gasteiger partial charge in [-0.1, -0.05) is 31.5 Å². The molecule has 1 aromatic rings. The molecule has 118 valence electrons. The Morgan fingerprint density at radius 1 is 1.29 bits per heavy atom. The maximum absolute atomic E-state index is 13.6. The van der Waals surface area contributed by atoms with Gasteiger partial charge in [-0.15, -0.1) is 0 Å². The third-order valence-corrected chi connectivity index (χ3v) is 5.40. The third kappa shape index (κ3) is 3.41. The quantitative estimate of drug-likeness (QED) is 0.860. The molecule has 2 rings (SSSR count). The second-order valence-electron chi connectivity index (χ2n) is 6.06. The van der Waals surface area contributed by atoms with Crippen LogP contribution < -0.4 is 5.73 Å². The van der Waals surface area contributed by atoms with Crippen LogP contribution in [-0.2, 0) is 6.42 Å². The van der Waals surface area contributed by atoms with Crippen molar-refractivity contribution < 1.29 is 4.39 Å². The number of rotatable bonds is 6. The molecule has 1 fully saturated rings. The van der Waals surface area contributed by atoms with E-state index in [1.165, 1.54) is 18.9 Å². The second-order valence-corrected chi connectivity index (χ2v) is 6.47. The fraction of sp³-hybridized carbons (Fsp3) is 0.647. The van der Waals surface area contributed by atoms with Gasteiger partial charge in [0, 0.05) is 11.6 Å². The maximum atomic E-state index is 13.6. The lowest BCUT2D eigenvalue weighted by Gasteiger charge is -2.45. The maximum Gasteiger partial charge on any atom is 0.142 e. The van der Waals surface area contributed by atoms with E-state index < -0.39 is 0 Å². The van der Waals surface area contributed by atoms with Crippen molar-refractivity contribution in [3.63, 3.8) is 0 Å². The first-order chi connectivity index (χ1) is 10.0. The lowest BCUT2D eigenvalue weighted by molar-refractivity contribution is 0.0768. The molecular weight excluding hydrogens is 287 g/mol. The van der Waals surface area contributed by atoms with Gasteiger partial charge in [-0.25, -0.2) is 4.39 Å². The summed E-state index contributed by atoms with van der Waals surface area (Å²) in [7, 11) is 0. The monoisotopic (exact) mass is 312 g/mol. The Morgan fingerprint density at radius 3 is 2.43 bits per heavy atom. The summed E-state index contributed by atoms with van der Waals surface area (Å²) in [6.07, 6.45) is 5.25. The highest BCUT2D eigenvalue weighted by Crippen LogP contribution is 2.32. The molecule has 1 aliphatic heterocycles. The molecule has 0 aliphatic carbocycles. The highest BCUT2D eigenvalue weighted by molar-refractivity contribution is 6.30. The van der Waals surface area contributed by atoms with Crippen molar-refractivity contribution in [2.75, 3.05) is 13.1 Å². The Morgan fingerprint density at radius 2 is 1.90 bits per heavy atom. The third-order valence-electron chi connectivity index (χ3n) is 5.09. The minimum atomic E-state index is -0.360. The Balaban J connectivity index is 2.17. The number of halogens is 2. The second kappa shape index (κ2) is 7.08. The molecule has 0 saturated carbocycles. The highest BCUT2D eigenvalue weighted by atomic mass is 35.5. The topological polar surface area (TPSA) is 29.3 Å². The van der Waals surface area contributed by atoms with Crippen LogP contribution in [0.25, 0.3) is 0 Å².